The van der Waals surface area contributed by atoms with Crippen molar-refractivity contribution in [1.82, 2.24) is 10.2 Å². The van der Waals surface area contributed by atoms with Crippen LogP contribution in [0.15, 0.2) is 71.6 Å². The monoisotopic (exact) mass is 613 g/mol. The Kier molecular flexibility index (Phi) is 11.5. The van der Waals surface area contributed by atoms with E-state index in [0.717, 1.165) is 27.6 Å². The Labute approximate surface area is 253 Å². The average Bonchev–Trinajstić information content (AvgIpc) is 3.00. The molecule has 0 aliphatic rings. The summed E-state index contributed by atoms with van der Waals surface area (Å²) in [5.41, 5.74) is 1.90. The number of nitrogens with one attached hydrogen (secondary N) is 1. The van der Waals surface area contributed by atoms with Crippen molar-refractivity contribution in [1.29, 1.82) is 0 Å². The number of hydrogen-bond acceptors (Lipinski definition) is 6. The molecule has 0 aromatic heterocycles. The Morgan fingerprint density at radius 2 is 1.53 bits per heavy atom. The highest BCUT2D eigenvalue weighted by Crippen LogP contribution is 2.32. The van der Waals surface area contributed by atoms with Crippen LogP contribution in [0.5, 0.6) is 11.5 Å². The first-order valence-electron chi connectivity index (χ1n) is 14.1. The Morgan fingerprint density at radius 3 is 2.09 bits per heavy atom. The highest BCUT2D eigenvalue weighted by Gasteiger charge is 2.34. The van der Waals surface area contributed by atoms with Gasteiger partial charge in [0.25, 0.3) is 10.0 Å². The Bertz CT molecular complexity index is 1500. The van der Waals surface area contributed by atoms with Crippen molar-refractivity contribution in [3.8, 4) is 11.5 Å². The number of amides is 2. The third kappa shape index (κ3) is 8.25. The molecule has 3 aromatic carbocycles. The lowest BCUT2D eigenvalue weighted by molar-refractivity contribution is -0.140. The Balaban J connectivity index is 2.09. The summed E-state index contributed by atoms with van der Waals surface area (Å²) in [7, 11) is -1.57. The molecular weight excluding hydrogens is 573 g/mol. The van der Waals surface area contributed by atoms with Crippen LogP contribution < -0.4 is 19.1 Å². The Morgan fingerprint density at radius 1 is 0.907 bits per heavy atom. The summed E-state index contributed by atoms with van der Waals surface area (Å²) in [6.45, 7) is 7.01. The quantitative estimate of drug-likeness (QED) is 0.272. The summed E-state index contributed by atoms with van der Waals surface area (Å²) in [6, 6.07) is 15.5. The lowest BCUT2D eigenvalue weighted by atomic mass is 10.1. The summed E-state index contributed by atoms with van der Waals surface area (Å²) in [5.74, 6) is -0.975. The normalized spacial score (nSPS) is 12.6. The number of methoxy groups -OCH3 is 2. The summed E-state index contributed by atoms with van der Waals surface area (Å²) >= 11 is 0. The molecule has 9 nitrogen and oxygen atoms in total. The lowest BCUT2D eigenvalue weighted by Crippen LogP contribution is -2.53. The third-order valence-electron chi connectivity index (χ3n) is 7.20. The zero-order chi connectivity index (χ0) is 31.7. The van der Waals surface area contributed by atoms with Crippen LogP contribution in [0.3, 0.4) is 0 Å². The summed E-state index contributed by atoms with van der Waals surface area (Å²) in [4.78, 5) is 28.8. The second kappa shape index (κ2) is 14.9. The molecule has 0 bridgehead atoms. The number of sulfonamides is 1. The van der Waals surface area contributed by atoms with Gasteiger partial charge in [-0.2, -0.15) is 0 Å². The predicted molar refractivity (Wildman–Crippen MR) is 164 cm³/mol. The van der Waals surface area contributed by atoms with Crippen LogP contribution in [0.1, 0.15) is 44.7 Å². The van der Waals surface area contributed by atoms with Gasteiger partial charge < -0.3 is 19.7 Å². The van der Waals surface area contributed by atoms with Crippen LogP contribution in [0, 0.1) is 12.7 Å². The van der Waals surface area contributed by atoms with Gasteiger partial charge in [0.15, 0.2) is 11.5 Å². The fourth-order valence-electron chi connectivity index (χ4n) is 4.49. The molecule has 43 heavy (non-hydrogen) atoms. The highest BCUT2D eigenvalue weighted by atomic mass is 32.2. The number of nitrogens with zero attached hydrogens (tertiary/aromatic N) is 2. The number of ether oxygens (including phenoxy) is 2. The molecule has 0 saturated carbocycles. The molecule has 2 unspecified atom stereocenters. The van der Waals surface area contributed by atoms with Crippen LogP contribution in [-0.4, -0.2) is 58.0 Å². The molecule has 1 N–H and O–H groups in total. The van der Waals surface area contributed by atoms with Crippen LogP contribution in [0.25, 0.3) is 0 Å². The number of benzene rings is 3. The number of rotatable bonds is 14. The molecule has 0 fully saturated rings. The van der Waals surface area contributed by atoms with E-state index in [9.17, 15) is 22.4 Å². The highest BCUT2D eigenvalue weighted by molar-refractivity contribution is 7.92. The van der Waals surface area contributed by atoms with E-state index in [0.29, 0.717) is 18.6 Å². The second-order valence-electron chi connectivity index (χ2n) is 10.3. The molecule has 2 amide bonds. The summed E-state index contributed by atoms with van der Waals surface area (Å²) < 4.78 is 53.5. The van der Waals surface area contributed by atoms with Gasteiger partial charge in [-0.1, -0.05) is 43.7 Å². The van der Waals surface area contributed by atoms with Crippen LogP contribution in [-0.2, 0) is 26.2 Å². The van der Waals surface area contributed by atoms with Gasteiger partial charge >= 0.3 is 0 Å². The molecular formula is C32H40FN3O6S. The standard InChI is InChI=1S/C32H40FN3O6S/c1-7-23(4)34-32(38)28(8-2)35(20-24-11-9-22(3)10-12-24)31(37)21-36(26-15-13-25(33)14-16-26)43(39,40)27-17-18-29(41-5)30(19-27)42-6/h9-19,23,28H,7-8,20-21H2,1-6H3,(H,34,38). The molecule has 0 spiro atoms. The van der Waals surface area contributed by atoms with Crippen LogP contribution >= 0.6 is 0 Å². The number of carbonyl (C=O) groups is 2. The molecule has 0 aliphatic heterocycles. The van der Waals surface area contributed by atoms with E-state index < -0.39 is 34.3 Å². The minimum atomic E-state index is -4.38. The first-order chi connectivity index (χ1) is 20.4. The fraction of sp³-hybridized carbons (Fsp3) is 0.375. The third-order valence-corrected chi connectivity index (χ3v) is 8.97. The van der Waals surface area contributed by atoms with Crippen molar-refractivity contribution in [2.45, 2.75) is 64.1 Å². The predicted octanol–water partition coefficient (Wildman–Crippen LogP) is 5.07. The van der Waals surface area contributed by atoms with E-state index >= 15 is 0 Å². The number of hydrogen-bond donors (Lipinski definition) is 1. The smallest absolute Gasteiger partial charge is 0.264 e. The van der Waals surface area contributed by atoms with Crippen molar-refractivity contribution < 1.29 is 31.9 Å². The van der Waals surface area contributed by atoms with E-state index in [1.165, 1.54) is 49.5 Å². The van der Waals surface area contributed by atoms with Crippen LogP contribution in [0.4, 0.5) is 10.1 Å². The molecule has 0 aliphatic carbocycles. The average molecular weight is 614 g/mol. The minimum Gasteiger partial charge on any atom is -0.493 e. The van der Waals surface area contributed by atoms with E-state index in [4.69, 9.17) is 9.47 Å². The van der Waals surface area contributed by atoms with Gasteiger partial charge in [0, 0.05) is 18.7 Å². The van der Waals surface area contributed by atoms with Crippen molar-refractivity contribution >= 4 is 27.5 Å². The van der Waals surface area contributed by atoms with E-state index in [2.05, 4.69) is 5.32 Å². The van der Waals surface area contributed by atoms with Gasteiger partial charge in [0.2, 0.25) is 11.8 Å². The van der Waals surface area contributed by atoms with Gasteiger partial charge in [-0.15, -0.1) is 0 Å². The number of anilines is 1. The summed E-state index contributed by atoms with van der Waals surface area (Å²) in [6.07, 6.45) is 1.01. The zero-order valence-corrected chi connectivity index (χ0v) is 26.3. The van der Waals surface area contributed by atoms with Gasteiger partial charge in [0.1, 0.15) is 18.4 Å². The largest absolute Gasteiger partial charge is 0.493 e. The maximum atomic E-state index is 14.1. The molecule has 0 saturated heterocycles. The minimum absolute atomic E-state index is 0.0805. The lowest BCUT2D eigenvalue weighted by Gasteiger charge is -2.33. The van der Waals surface area contributed by atoms with Gasteiger partial charge in [0.05, 0.1) is 24.8 Å². The zero-order valence-electron chi connectivity index (χ0n) is 25.5. The molecule has 3 aromatic rings. The van der Waals surface area contributed by atoms with Gasteiger partial charge in [-0.3, -0.25) is 13.9 Å². The first kappa shape index (κ1) is 33.4. The Hall–Kier alpha value is -4.12. The SMILES string of the molecule is CCC(C)NC(=O)C(CC)N(Cc1ccc(C)cc1)C(=O)CN(c1ccc(F)cc1)S(=O)(=O)c1ccc(OC)c(OC)c1. The molecule has 2 atom stereocenters. The summed E-state index contributed by atoms with van der Waals surface area (Å²) in [5, 5.41) is 2.95. The topological polar surface area (TPSA) is 105 Å². The van der Waals surface area contributed by atoms with Crippen molar-refractivity contribution in [3.63, 3.8) is 0 Å². The molecule has 3 rings (SSSR count). The molecule has 232 valence electrons. The van der Waals surface area contributed by atoms with E-state index in [1.54, 1.807) is 6.92 Å². The molecule has 0 radical (unpaired) electrons. The second-order valence-corrected chi connectivity index (χ2v) is 12.1. The van der Waals surface area contributed by atoms with Crippen LogP contribution in [0.2, 0.25) is 0 Å². The number of carbonyl (C=O) groups excluding carboxylic acids is 2. The molecule has 11 heteroatoms. The fourth-order valence-corrected chi connectivity index (χ4v) is 5.92. The van der Waals surface area contributed by atoms with Crippen molar-refractivity contribution in [2.75, 3.05) is 25.1 Å². The van der Waals surface area contributed by atoms with Gasteiger partial charge in [-0.25, -0.2) is 12.8 Å². The van der Waals surface area contributed by atoms with E-state index in [1.807, 2.05) is 45.0 Å². The number of halogens is 1. The van der Waals surface area contributed by atoms with Crippen molar-refractivity contribution in [2.24, 2.45) is 0 Å². The maximum Gasteiger partial charge on any atom is 0.264 e. The van der Waals surface area contributed by atoms with Gasteiger partial charge in [-0.05, 0) is 68.7 Å². The first-order valence-corrected chi connectivity index (χ1v) is 15.5. The van der Waals surface area contributed by atoms with Crippen molar-refractivity contribution in [3.05, 3.63) is 83.7 Å². The number of aryl methyl sites for hydroxylation is 1. The van der Waals surface area contributed by atoms with E-state index in [-0.39, 0.29) is 34.8 Å². The molecule has 0 heterocycles. The maximum absolute atomic E-state index is 14.1.